The highest BCUT2D eigenvalue weighted by atomic mass is 32.2. The van der Waals surface area contributed by atoms with Gasteiger partial charge >= 0.3 is 0 Å². The highest BCUT2D eigenvalue weighted by Gasteiger charge is 2.19. The predicted molar refractivity (Wildman–Crippen MR) is 89.1 cm³/mol. The Labute approximate surface area is 141 Å². The van der Waals surface area contributed by atoms with Crippen molar-refractivity contribution in [3.63, 3.8) is 0 Å². The zero-order valence-corrected chi connectivity index (χ0v) is 14.4. The first-order valence-electron chi connectivity index (χ1n) is 7.60. The van der Waals surface area contributed by atoms with E-state index in [1.807, 2.05) is 0 Å². The van der Waals surface area contributed by atoms with E-state index in [4.69, 9.17) is 4.42 Å². The number of carbonyl (C=O) groups excluding carboxylic acids is 1. The number of hydrogen-bond donors (Lipinski definition) is 2. The second kappa shape index (κ2) is 7.63. The normalized spacial score (nSPS) is 13.0. The van der Waals surface area contributed by atoms with Crippen LogP contribution in [0.4, 0.5) is 0 Å². The third-order valence-corrected chi connectivity index (χ3v) is 5.83. The van der Waals surface area contributed by atoms with E-state index < -0.39 is 21.2 Å². The molecule has 1 atom stereocenters. The van der Waals surface area contributed by atoms with E-state index in [0.29, 0.717) is 11.1 Å². The molecule has 2 N–H and O–H groups in total. The van der Waals surface area contributed by atoms with E-state index in [-0.39, 0.29) is 23.8 Å². The minimum atomic E-state index is -3.31. The molecule has 7 heteroatoms. The van der Waals surface area contributed by atoms with Crippen molar-refractivity contribution in [3.05, 3.63) is 54.0 Å². The Morgan fingerprint density at radius 3 is 2.42 bits per heavy atom. The van der Waals surface area contributed by atoms with Crippen LogP contribution < -0.4 is 5.32 Å². The molecule has 0 aliphatic carbocycles. The second-order valence-electron chi connectivity index (χ2n) is 5.79. The average Bonchev–Trinajstić information content (AvgIpc) is 3.07. The lowest BCUT2D eigenvalue weighted by atomic mass is 10.1. The molecule has 0 radical (unpaired) electrons. The number of nitrogens with one attached hydrogen (secondary N) is 1. The zero-order chi connectivity index (χ0) is 17.7. The number of benzene rings is 1. The molecule has 130 valence electrons. The summed E-state index contributed by atoms with van der Waals surface area (Å²) >= 11 is 0. The molecule has 0 saturated carbocycles. The van der Waals surface area contributed by atoms with Crippen LogP contribution in [0.3, 0.4) is 0 Å². The number of amides is 1. The van der Waals surface area contributed by atoms with Gasteiger partial charge in [0.05, 0.1) is 35.2 Å². The van der Waals surface area contributed by atoms with E-state index in [0.717, 1.165) is 0 Å². The minimum absolute atomic E-state index is 0.0815. The van der Waals surface area contributed by atoms with Gasteiger partial charge in [-0.3, -0.25) is 4.79 Å². The first-order chi connectivity index (χ1) is 11.3. The minimum Gasteiger partial charge on any atom is -0.472 e. The summed E-state index contributed by atoms with van der Waals surface area (Å²) < 4.78 is 29.0. The summed E-state index contributed by atoms with van der Waals surface area (Å²) in [6.07, 6.45) is 2.16. The monoisotopic (exact) mass is 351 g/mol. The predicted octanol–water partition coefficient (Wildman–Crippen LogP) is 1.85. The lowest BCUT2D eigenvalue weighted by molar-refractivity contribution is -0.120. The summed E-state index contributed by atoms with van der Waals surface area (Å²) in [7, 11) is -3.31. The van der Waals surface area contributed by atoms with Crippen molar-refractivity contribution in [1.29, 1.82) is 0 Å². The summed E-state index contributed by atoms with van der Waals surface area (Å²) in [6, 6.07) is 7.91. The Bertz CT molecular complexity index is 764. The van der Waals surface area contributed by atoms with Crippen LogP contribution in [-0.2, 0) is 21.1 Å². The van der Waals surface area contributed by atoms with Gasteiger partial charge in [-0.25, -0.2) is 8.42 Å². The van der Waals surface area contributed by atoms with Crippen LogP contribution >= 0.6 is 0 Å². The number of rotatable bonds is 7. The van der Waals surface area contributed by atoms with Crippen molar-refractivity contribution in [1.82, 2.24) is 5.32 Å². The number of furan rings is 1. The van der Waals surface area contributed by atoms with Crippen molar-refractivity contribution in [2.45, 2.75) is 36.5 Å². The summed E-state index contributed by atoms with van der Waals surface area (Å²) in [5.41, 5.74) is 1.30. The molecule has 1 aromatic carbocycles. The molecule has 6 nitrogen and oxygen atoms in total. The lowest BCUT2D eigenvalue weighted by Gasteiger charge is -2.11. The molecule has 0 bridgehead atoms. The SMILES string of the molecule is CC(C)S(=O)(=O)c1ccc(CC(=O)NC[C@H](O)c2ccoc2)cc1. The largest absolute Gasteiger partial charge is 0.472 e. The van der Waals surface area contributed by atoms with Gasteiger partial charge in [-0.15, -0.1) is 0 Å². The molecule has 0 saturated heterocycles. The van der Waals surface area contributed by atoms with E-state index in [2.05, 4.69) is 5.32 Å². The smallest absolute Gasteiger partial charge is 0.224 e. The lowest BCUT2D eigenvalue weighted by Crippen LogP contribution is -2.29. The molecule has 0 fully saturated rings. The van der Waals surface area contributed by atoms with Crippen LogP contribution in [0, 0.1) is 0 Å². The number of sulfone groups is 1. The quantitative estimate of drug-likeness (QED) is 0.793. The number of carbonyl (C=O) groups is 1. The molecule has 0 aliphatic heterocycles. The first-order valence-corrected chi connectivity index (χ1v) is 9.15. The van der Waals surface area contributed by atoms with E-state index in [1.54, 1.807) is 32.0 Å². The molecule has 1 heterocycles. The Hall–Kier alpha value is -2.12. The van der Waals surface area contributed by atoms with Gasteiger partial charge in [0.2, 0.25) is 5.91 Å². The Morgan fingerprint density at radius 2 is 1.88 bits per heavy atom. The Morgan fingerprint density at radius 1 is 1.21 bits per heavy atom. The van der Waals surface area contributed by atoms with Gasteiger partial charge in [0.25, 0.3) is 0 Å². The molecule has 1 aromatic heterocycles. The maximum Gasteiger partial charge on any atom is 0.224 e. The van der Waals surface area contributed by atoms with E-state index in [9.17, 15) is 18.3 Å². The van der Waals surface area contributed by atoms with Crippen molar-refractivity contribution >= 4 is 15.7 Å². The fourth-order valence-electron chi connectivity index (χ4n) is 2.11. The maximum absolute atomic E-state index is 12.0. The molecular formula is C17H21NO5S. The molecule has 1 amide bonds. The van der Waals surface area contributed by atoms with E-state index in [1.165, 1.54) is 24.7 Å². The third-order valence-electron chi connectivity index (χ3n) is 3.66. The van der Waals surface area contributed by atoms with Crippen molar-refractivity contribution in [2.75, 3.05) is 6.54 Å². The van der Waals surface area contributed by atoms with Gasteiger partial charge in [-0.05, 0) is 37.6 Å². The van der Waals surface area contributed by atoms with Crippen LogP contribution in [0.25, 0.3) is 0 Å². The maximum atomic E-state index is 12.0. The van der Waals surface area contributed by atoms with Crippen LogP contribution in [0.1, 0.15) is 31.1 Å². The number of hydrogen-bond acceptors (Lipinski definition) is 5. The zero-order valence-electron chi connectivity index (χ0n) is 13.6. The molecular weight excluding hydrogens is 330 g/mol. The van der Waals surface area contributed by atoms with E-state index >= 15 is 0 Å². The fraction of sp³-hybridized carbons (Fsp3) is 0.353. The van der Waals surface area contributed by atoms with Crippen LogP contribution in [0.15, 0.2) is 52.2 Å². The average molecular weight is 351 g/mol. The summed E-state index contributed by atoms with van der Waals surface area (Å²) in [4.78, 5) is 12.2. The van der Waals surface area contributed by atoms with Crippen molar-refractivity contribution in [2.24, 2.45) is 0 Å². The number of aliphatic hydroxyl groups is 1. The number of aliphatic hydroxyl groups excluding tert-OH is 1. The molecule has 0 unspecified atom stereocenters. The molecule has 24 heavy (non-hydrogen) atoms. The highest BCUT2D eigenvalue weighted by Crippen LogP contribution is 2.17. The van der Waals surface area contributed by atoms with Gasteiger partial charge in [-0.2, -0.15) is 0 Å². The van der Waals surface area contributed by atoms with Gasteiger partial charge in [0.15, 0.2) is 9.84 Å². The van der Waals surface area contributed by atoms with Crippen LogP contribution in [0.5, 0.6) is 0 Å². The topological polar surface area (TPSA) is 96.6 Å². The Kier molecular flexibility index (Phi) is 5.80. The van der Waals surface area contributed by atoms with Crippen molar-refractivity contribution < 1.29 is 22.7 Å². The summed E-state index contributed by atoms with van der Waals surface area (Å²) in [5.74, 6) is -0.253. The third kappa shape index (κ3) is 4.46. The summed E-state index contributed by atoms with van der Waals surface area (Å²) in [6.45, 7) is 3.34. The molecule has 2 aromatic rings. The molecule has 0 aliphatic rings. The van der Waals surface area contributed by atoms with Gasteiger partial charge < -0.3 is 14.8 Å². The van der Waals surface area contributed by atoms with Crippen molar-refractivity contribution in [3.8, 4) is 0 Å². The molecule has 0 spiro atoms. The standard InChI is InChI=1S/C17H21NO5S/c1-12(2)24(21,22)15-5-3-13(4-6-15)9-17(20)18-10-16(19)14-7-8-23-11-14/h3-8,11-12,16,19H,9-10H2,1-2H3,(H,18,20)/t16-/m0/s1. The Balaban J connectivity index is 1.90. The van der Waals surface area contributed by atoms with Gasteiger partial charge in [-0.1, -0.05) is 12.1 Å². The van der Waals surface area contributed by atoms with Gasteiger partial charge in [0.1, 0.15) is 0 Å². The highest BCUT2D eigenvalue weighted by molar-refractivity contribution is 7.92. The molecule has 2 rings (SSSR count). The van der Waals surface area contributed by atoms with Gasteiger partial charge in [0, 0.05) is 12.1 Å². The van der Waals surface area contributed by atoms with Crippen LogP contribution in [0.2, 0.25) is 0 Å². The van der Waals surface area contributed by atoms with Crippen LogP contribution in [-0.4, -0.2) is 31.2 Å². The first kappa shape index (κ1) is 18.2. The second-order valence-corrected chi connectivity index (χ2v) is 8.30. The summed E-state index contributed by atoms with van der Waals surface area (Å²) in [5, 5.41) is 12.0. The fourth-order valence-corrected chi connectivity index (χ4v) is 3.17.